The minimum absolute atomic E-state index is 0.0419. The number of likely N-dealkylation sites (tertiary alicyclic amines) is 1. The fourth-order valence-corrected chi connectivity index (χ4v) is 3.62. The van der Waals surface area contributed by atoms with Crippen molar-refractivity contribution in [2.24, 2.45) is 0 Å². The summed E-state index contributed by atoms with van der Waals surface area (Å²) in [5.41, 5.74) is 0.785. The number of nitrogens with zero attached hydrogens (tertiary/aromatic N) is 2. The monoisotopic (exact) mass is 359 g/mol. The normalized spacial score (nSPS) is 14.5. The van der Waals surface area contributed by atoms with Gasteiger partial charge in [-0.15, -0.1) is 0 Å². The van der Waals surface area contributed by atoms with Crippen molar-refractivity contribution in [2.75, 3.05) is 18.8 Å². The first-order valence-corrected chi connectivity index (χ1v) is 9.38. The predicted octanol–water partition coefficient (Wildman–Crippen LogP) is 2.17. The highest BCUT2D eigenvalue weighted by atomic mass is 32.2. The third kappa shape index (κ3) is 4.63. The second-order valence-corrected chi connectivity index (χ2v) is 7.03. The van der Waals surface area contributed by atoms with Crippen LogP contribution in [-0.4, -0.2) is 44.7 Å². The lowest BCUT2D eigenvalue weighted by Crippen LogP contribution is -2.36. The van der Waals surface area contributed by atoms with Crippen LogP contribution < -0.4 is 5.56 Å². The second-order valence-electron chi connectivity index (χ2n) is 6.07. The number of aromatic hydroxyl groups is 1. The van der Waals surface area contributed by atoms with Gasteiger partial charge in [0.15, 0.2) is 5.16 Å². The van der Waals surface area contributed by atoms with E-state index in [4.69, 9.17) is 0 Å². The molecule has 0 aliphatic carbocycles. The van der Waals surface area contributed by atoms with Gasteiger partial charge in [-0.2, -0.15) is 4.98 Å². The van der Waals surface area contributed by atoms with Crippen molar-refractivity contribution < 1.29 is 9.90 Å². The third-order valence-corrected chi connectivity index (χ3v) is 5.09. The summed E-state index contributed by atoms with van der Waals surface area (Å²) in [5, 5.41) is 10.4. The SMILES string of the molecule is O=C(CSc1nc(O)c(Cc2ccccc2)c(=O)[nH]1)N1CCCCC1. The van der Waals surface area contributed by atoms with Crippen LogP contribution in [0, 0.1) is 0 Å². The van der Waals surface area contributed by atoms with Crippen molar-refractivity contribution in [3.63, 3.8) is 0 Å². The molecule has 6 nitrogen and oxygen atoms in total. The fourth-order valence-electron chi connectivity index (χ4n) is 2.86. The molecule has 2 heterocycles. The van der Waals surface area contributed by atoms with Crippen molar-refractivity contribution in [3.8, 4) is 5.88 Å². The molecule has 0 bridgehead atoms. The molecule has 0 atom stereocenters. The Morgan fingerprint density at radius 3 is 2.60 bits per heavy atom. The second kappa shape index (κ2) is 8.20. The highest BCUT2D eigenvalue weighted by molar-refractivity contribution is 7.99. The maximum Gasteiger partial charge on any atom is 0.258 e. The van der Waals surface area contributed by atoms with Crippen molar-refractivity contribution in [3.05, 3.63) is 51.8 Å². The average molecular weight is 359 g/mol. The minimum atomic E-state index is -0.371. The predicted molar refractivity (Wildman–Crippen MR) is 96.9 cm³/mol. The number of hydrogen-bond donors (Lipinski definition) is 2. The highest BCUT2D eigenvalue weighted by Gasteiger charge is 2.18. The van der Waals surface area contributed by atoms with Gasteiger partial charge in [0.1, 0.15) is 0 Å². The van der Waals surface area contributed by atoms with Gasteiger partial charge >= 0.3 is 0 Å². The van der Waals surface area contributed by atoms with Crippen LogP contribution in [0.25, 0.3) is 0 Å². The number of H-pyrrole nitrogens is 1. The Labute approximate surface area is 150 Å². The molecule has 1 aromatic carbocycles. The first-order chi connectivity index (χ1) is 12.1. The summed E-state index contributed by atoms with van der Waals surface area (Å²) in [7, 11) is 0. The van der Waals surface area contributed by atoms with Gasteiger partial charge in [-0.1, -0.05) is 42.1 Å². The van der Waals surface area contributed by atoms with E-state index in [1.807, 2.05) is 35.2 Å². The summed E-state index contributed by atoms with van der Waals surface area (Å²) < 4.78 is 0. The molecule has 1 aliphatic heterocycles. The number of hydrogen-bond acceptors (Lipinski definition) is 5. The molecule has 0 saturated carbocycles. The summed E-state index contributed by atoms with van der Waals surface area (Å²) in [6, 6.07) is 9.43. The largest absolute Gasteiger partial charge is 0.493 e. The topological polar surface area (TPSA) is 86.3 Å². The number of aromatic nitrogens is 2. The molecule has 1 amide bonds. The summed E-state index contributed by atoms with van der Waals surface area (Å²) in [6.07, 6.45) is 3.57. The Bertz CT molecular complexity index is 786. The van der Waals surface area contributed by atoms with Gasteiger partial charge in [0.2, 0.25) is 11.8 Å². The Hall–Kier alpha value is -2.28. The molecule has 0 radical (unpaired) electrons. The zero-order valence-electron chi connectivity index (χ0n) is 13.9. The maximum absolute atomic E-state index is 12.2. The molecule has 132 valence electrons. The van der Waals surface area contributed by atoms with E-state index < -0.39 is 0 Å². The maximum atomic E-state index is 12.2. The van der Waals surface area contributed by atoms with Gasteiger partial charge in [-0.05, 0) is 24.8 Å². The smallest absolute Gasteiger partial charge is 0.258 e. The highest BCUT2D eigenvalue weighted by Crippen LogP contribution is 2.20. The molecule has 3 rings (SSSR count). The van der Waals surface area contributed by atoms with Crippen LogP contribution in [0.3, 0.4) is 0 Å². The third-order valence-electron chi connectivity index (χ3n) is 4.24. The van der Waals surface area contributed by atoms with Crippen LogP contribution in [0.15, 0.2) is 40.3 Å². The Morgan fingerprint density at radius 1 is 1.20 bits per heavy atom. The number of carbonyl (C=O) groups excluding carboxylic acids is 1. The first-order valence-electron chi connectivity index (χ1n) is 8.40. The van der Waals surface area contributed by atoms with Gasteiger partial charge in [-0.3, -0.25) is 9.59 Å². The van der Waals surface area contributed by atoms with E-state index in [9.17, 15) is 14.7 Å². The molecule has 0 spiro atoms. The van der Waals surface area contributed by atoms with Crippen molar-refractivity contribution >= 4 is 17.7 Å². The molecule has 7 heteroatoms. The number of piperidine rings is 1. The number of amides is 1. The van der Waals surface area contributed by atoms with Gasteiger partial charge in [0.25, 0.3) is 5.56 Å². The number of thioether (sulfide) groups is 1. The van der Waals surface area contributed by atoms with Crippen LogP contribution in [0.5, 0.6) is 5.88 Å². The van der Waals surface area contributed by atoms with E-state index in [1.165, 1.54) is 6.42 Å². The molecule has 0 unspecified atom stereocenters. The molecular formula is C18H21N3O3S. The molecule has 2 N–H and O–H groups in total. The lowest BCUT2D eigenvalue weighted by atomic mass is 10.1. The number of aromatic amines is 1. The van der Waals surface area contributed by atoms with Crippen LogP contribution in [0.2, 0.25) is 0 Å². The van der Waals surface area contributed by atoms with Crippen LogP contribution in [0.4, 0.5) is 0 Å². The summed E-state index contributed by atoms with van der Waals surface area (Å²) in [6.45, 7) is 1.59. The molecule has 25 heavy (non-hydrogen) atoms. The van der Waals surface area contributed by atoms with E-state index >= 15 is 0 Å². The quantitative estimate of drug-likeness (QED) is 0.631. The number of benzene rings is 1. The number of carbonyl (C=O) groups is 1. The first kappa shape index (κ1) is 17.5. The Balaban J connectivity index is 1.65. The molecule has 1 aromatic heterocycles. The molecular weight excluding hydrogens is 338 g/mol. The van der Waals surface area contributed by atoms with E-state index in [1.54, 1.807) is 0 Å². The summed E-state index contributed by atoms with van der Waals surface area (Å²) >= 11 is 1.15. The van der Waals surface area contributed by atoms with Crippen LogP contribution >= 0.6 is 11.8 Å². The standard InChI is InChI=1S/C18H21N3O3S/c22-15(21-9-5-2-6-10-21)12-25-18-19-16(23)14(17(24)20-18)11-13-7-3-1-4-8-13/h1,3-4,7-8H,2,5-6,9-12H2,(H2,19,20,23,24). The summed E-state index contributed by atoms with van der Waals surface area (Å²) in [5.74, 6) is -0.0267. The van der Waals surface area contributed by atoms with Crippen molar-refractivity contribution in [2.45, 2.75) is 30.8 Å². The van der Waals surface area contributed by atoms with Gasteiger partial charge < -0.3 is 15.0 Å². The zero-order chi connectivity index (χ0) is 17.6. The van der Waals surface area contributed by atoms with Crippen LogP contribution in [-0.2, 0) is 11.2 Å². The summed E-state index contributed by atoms with van der Waals surface area (Å²) in [4.78, 5) is 33.0. The zero-order valence-corrected chi connectivity index (χ0v) is 14.7. The molecule has 1 aliphatic rings. The van der Waals surface area contributed by atoms with E-state index in [-0.39, 0.29) is 33.8 Å². The van der Waals surface area contributed by atoms with Gasteiger partial charge in [-0.25, -0.2) is 0 Å². The molecule has 1 saturated heterocycles. The number of rotatable bonds is 5. The van der Waals surface area contributed by atoms with Gasteiger partial charge in [0, 0.05) is 19.5 Å². The fraction of sp³-hybridized carbons (Fsp3) is 0.389. The minimum Gasteiger partial charge on any atom is -0.493 e. The lowest BCUT2D eigenvalue weighted by Gasteiger charge is -2.26. The van der Waals surface area contributed by atoms with Gasteiger partial charge in [0.05, 0.1) is 11.3 Å². The van der Waals surface area contributed by atoms with E-state index in [2.05, 4.69) is 9.97 Å². The molecule has 1 fully saturated rings. The average Bonchev–Trinajstić information content (AvgIpc) is 2.64. The Morgan fingerprint density at radius 2 is 1.92 bits per heavy atom. The molecule has 2 aromatic rings. The van der Waals surface area contributed by atoms with E-state index in [0.29, 0.717) is 6.42 Å². The lowest BCUT2D eigenvalue weighted by molar-refractivity contribution is -0.129. The number of nitrogens with one attached hydrogen (secondary N) is 1. The van der Waals surface area contributed by atoms with Crippen molar-refractivity contribution in [1.82, 2.24) is 14.9 Å². The Kier molecular flexibility index (Phi) is 5.75. The van der Waals surface area contributed by atoms with Crippen LogP contribution in [0.1, 0.15) is 30.4 Å². The van der Waals surface area contributed by atoms with E-state index in [0.717, 1.165) is 43.3 Å². The van der Waals surface area contributed by atoms with Crippen molar-refractivity contribution in [1.29, 1.82) is 0 Å².